The molecule has 1 aliphatic rings. The number of benzene rings is 2. The standard InChI is InChI=1S/C19H24N2/c1-14-7-8-18(15(2)11-14)19(12-20)21-10-9-16-5-3-4-6-17(16)13-21/h3-8,11,19H,9-10,12-13,20H2,1-2H3. The Morgan fingerprint density at radius 3 is 2.57 bits per heavy atom. The van der Waals surface area contributed by atoms with Crippen molar-refractivity contribution in [1.29, 1.82) is 0 Å². The quantitative estimate of drug-likeness (QED) is 0.934. The molecule has 0 saturated carbocycles. The molecule has 110 valence electrons. The van der Waals surface area contributed by atoms with Crippen LogP contribution in [-0.2, 0) is 13.0 Å². The second-order valence-electron chi connectivity index (χ2n) is 6.10. The maximum atomic E-state index is 6.12. The van der Waals surface area contributed by atoms with Gasteiger partial charge in [0.2, 0.25) is 0 Å². The van der Waals surface area contributed by atoms with Crippen LogP contribution >= 0.6 is 0 Å². The van der Waals surface area contributed by atoms with Gasteiger partial charge in [-0.25, -0.2) is 0 Å². The molecular weight excluding hydrogens is 256 g/mol. The average molecular weight is 280 g/mol. The van der Waals surface area contributed by atoms with E-state index in [2.05, 4.69) is 61.2 Å². The van der Waals surface area contributed by atoms with Gasteiger partial charge in [0, 0.05) is 25.7 Å². The number of nitrogens with two attached hydrogens (primary N) is 1. The third-order valence-corrected chi connectivity index (χ3v) is 4.61. The number of hydrogen-bond donors (Lipinski definition) is 1. The van der Waals surface area contributed by atoms with E-state index in [1.165, 1.54) is 27.8 Å². The fourth-order valence-electron chi connectivity index (χ4n) is 3.46. The number of fused-ring (bicyclic) bond motifs is 1. The molecule has 0 aliphatic carbocycles. The van der Waals surface area contributed by atoms with Crippen molar-refractivity contribution >= 4 is 0 Å². The molecule has 2 aromatic carbocycles. The second kappa shape index (κ2) is 6.00. The first-order chi connectivity index (χ1) is 10.2. The third-order valence-electron chi connectivity index (χ3n) is 4.61. The smallest absolute Gasteiger partial charge is 0.0476 e. The molecule has 2 heteroatoms. The molecule has 2 nitrogen and oxygen atoms in total. The van der Waals surface area contributed by atoms with Crippen LogP contribution in [0.3, 0.4) is 0 Å². The monoisotopic (exact) mass is 280 g/mol. The van der Waals surface area contributed by atoms with Crippen LogP contribution in [0, 0.1) is 13.8 Å². The van der Waals surface area contributed by atoms with Crippen LogP contribution in [-0.4, -0.2) is 18.0 Å². The highest BCUT2D eigenvalue weighted by Crippen LogP contribution is 2.29. The van der Waals surface area contributed by atoms with Gasteiger partial charge >= 0.3 is 0 Å². The molecule has 0 amide bonds. The molecule has 1 atom stereocenters. The zero-order valence-corrected chi connectivity index (χ0v) is 13.0. The zero-order valence-electron chi connectivity index (χ0n) is 13.0. The van der Waals surface area contributed by atoms with E-state index in [-0.39, 0.29) is 0 Å². The summed E-state index contributed by atoms with van der Waals surface area (Å²) in [7, 11) is 0. The molecule has 1 unspecified atom stereocenters. The van der Waals surface area contributed by atoms with Crippen LogP contribution in [0.15, 0.2) is 42.5 Å². The fourth-order valence-corrected chi connectivity index (χ4v) is 3.46. The summed E-state index contributed by atoms with van der Waals surface area (Å²) in [6.45, 7) is 7.11. The van der Waals surface area contributed by atoms with Gasteiger partial charge < -0.3 is 5.73 Å². The van der Waals surface area contributed by atoms with E-state index in [0.29, 0.717) is 12.6 Å². The average Bonchev–Trinajstić information content (AvgIpc) is 2.50. The minimum Gasteiger partial charge on any atom is -0.329 e. The maximum Gasteiger partial charge on any atom is 0.0476 e. The Morgan fingerprint density at radius 2 is 1.86 bits per heavy atom. The largest absolute Gasteiger partial charge is 0.329 e. The van der Waals surface area contributed by atoms with Gasteiger partial charge in [0.1, 0.15) is 0 Å². The van der Waals surface area contributed by atoms with Gasteiger partial charge in [-0.1, -0.05) is 48.0 Å². The third kappa shape index (κ3) is 2.87. The van der Waals surface area contributed by atoms with Crippen molar-refractivity contribution < 1.29 is 0 Å². The van der Waals surface area contributed by atoms with E-state index in [1.807, 2.05) is 0 Å². The van der Waals surface area contributed by atoms with Gasteiger partial charge in [-0.2, -0.15) is 0 Å². The molecule has 0 saturated heterocycles. The number of aryl methyl sites for hydroxylation is 2. The van der Waals surface area contributed by atoms with E-state index >= 15 is 0 Å². The van der Waals surface area contributed by atoms with Crippen molar-refractivity contribution in [3.05, 3.63) is 70.3 Å². The maximum absolute atomic E-state index is 6.12. The van der Waals surface area contributed by atoms with Crippen molar-refractivity contribution in [2.45, 2.75) is 32.9 Å². The van der Waals surface area contributed by atoms with Crippen LogP contribution < -0.4 is 5.73 Å². The predicted octanol–water partition coefficient (Wildman–Crippen LogP) is 3.36. The van der Waals surface area contributed by atoms with Crippen LogP contribution in [0.5, 0.6) is 0 Å². The minimum absolute atomic E-state index is 0.318. The molecule has 0 spiro atoms. The molecular formula is C19H24N2. The van der Waals surface area contributed by atoms with Gasteiger partial charge in [0.15, 0.2) is 0 Å². The topological polar surface area (TPSA) is 29.3 Å². The van der Waals surface area contributed by atoms with E-state index in [1.54, 1.807) is 0 Å². The minimum atomic E-state index is 0.318. The summed E-state index contributed by atoms with van der Waals surface area (Å²) in [6, 6.07) is 15.8. The molecule has 2 N–H and O–H groups in total. The van der Waals surface area contributed by atoms with Crippen LogP contribution in [0.25, 0.3) is 0 Å². The highest BCUT2D eigenvalue weighted by Gasteiger charge is 2.24. The lowest BCUT2D eigenvalue weighted by atomic mass is 9.94. The molecule has 0 aromatic heterocycles. The predicted molar refractivity (Wildman–Crippen MR) is 88.3 cm³/mol. The van der Waals surface area contributed by atoms with Gasteiger partial charge in [-0.05, 0) is 42.5 Å². The molecule has 1 heterocycles. The molecule has 2 aromatic rings. The van der Waals surface area contributed by atoms with Gasteiger partial charge in [0.05, 0.1) is 0 Å². The Morgan fingerprint density at radius 1 is 1.10 bits per heavy atom. The first-order valence-corrected chi connectivity index (χ1v) is 7.77. The van der Waals surface area contributed by atoms with Crippen LogP contribution in [0.2, 0.25) is 0 Å². The lowest BCUT2D eigenvalue weighted by Crippen LogP contribution is -2.38. The van der Waals surface area contributed by atoms with Crippen molar-refractivity contribution in [2.24, 2.45) is 5.73 Å². The van der Waals surface area contributed by atoms with E-state index in [9.17, 15) is 0 Å². The Balaban J connectivity index is 1.88. The summed E-state index contributed by atoms with van der Waals surface area (Å²) in [6.07, 6.45) is 1.12. The summed E-state index contributed by atoms with van der Waals surface area (Å²) < 4.78 is 0. The number of rotatable bonds is 3. The van der Waals surface area contributed by atoms with E-state index in [4.69, 9.17) is 5.73 Å². The Hall–Kier alpha value is -1.64. The highest BCUT2D eigenvalue weighted by atomic mass is 15.2. The van der Waals surface area contributed by atoms with Crippen molar-refractivity contribution in [3.8, 4) is 0 Å². The number of hydrogen-bond acceptors (Lipinski definition) is 2. The molecule has 0 radical (unpaired) electrons. The van der Waals surface area contributed by atoms with Gasteiger partial charge in [-0.3, -0.25) is 4.90 Å². The summed E-state index contributed by atoms with van der Waals surface area (Å²) in [5.41, 5.74) is 13.1. The Labute approximate surface area is 127 Å². The summed E-state index contributed by atoms with van der Waals surface area (Å²) >= 11 is 0. The van der Waals surface area contributed by atoms with E-state index in [0.717, 1.165) is 19.5 Å². The van der Waals surface area contributed by atoms with Gasteiger partial charge in [-0.15, -0.1) is 0 Å². The molecule has 0 bridgehead atoms. The highest BCUT2D eigenvalue weighted by molar-refractivity contribution is 5.34. The summed E-state index contributed by atoms with van der Waals surface area (Å²) in [4.78, 5) is 2.53. The first-order valence-electron chi connectivity index (χ1n) is 7.77. The van der Waals surface area contributed by atoms with Crippen molar-refractivity contribution in [2.75, 3.05) is 13.1 Å². The normalized spacial score (nSPS) is 16.5. The Kier molecular flexibility index (Phi) is 4.09. The lowest BCUT2D eigenvalue weighted by Gasteiger charge is -2.36. The summed E-state index contributed by atoms with van der Waals surface area (Å²) in [5.74, 6) is 0. The molecule has 1 aliphatic heterocycles. The van der Waals surface area contributed by atoms with Gasteiger partial charge in [0.25, 0.3) is 0 Å². The first kappa shape index (κ1) is 14.3. The van der Waals surface area contributed by atoms with E-state index < -0.39 is 0 Å². The number of nitrogens with zero attached hydrogens (tertiary/aromatic N) is 1. The lowest BCUT2D eigenvalue weighted by molar-refractivity contribution is 0.183. The fraction of sp³-hybridized carbons (Fsp3) is 0.368. The molecule has 21 heavy (non-hydrogen) atoms. The van der Waals surface area contributed by atoms with Crippen LogP contribution in [0.1, 0.15) is 33.9 Å². The SMILES string of the molecule is Cc1ccc(C(CN)N2CCc3ccccc3C2)c(C)c1. The summed E-state index contributed by atoms with van der Waals surface area (Å²) in [5, 5.41) is 0. The van der Waals surface area contributed by atoms with Crippen LogP contribution in [0.4, 0.5) is 0 Å². The molecule has 0 fully saturated rings. The molecule has 3 rings (SSSR count). The zero-order chi connectivity index (χ0) is 14.8. The van der Waals surface area contributed by atoms with Crippen molar-refractivity contribution in [3.63, 3.8) is 0 Å². The second-order valence-corrected chi connectivity index (χ2v) is 6.10. The van der Waals surface area contributed by atoms with Crippen molar-refractivity contribution in [1.82, 2.24) is 4.90 Å². The Bertz CT molecular complexity index is 633.